The summed E-state index contributed by atoms with van der Waals surface area (Å²) in [7, 11) is 0. The summed E-state index contributed by atoms with van der Waals surface area (Å²) < 4.78 is 6.98. The highest BCUT2D eigenvalue weighted by molar-refractivity contribution is 5.72. The number of aliphatic hydroxyl groups is 1. The maximum atomic E-state index is 11.9. The van der Waals surface area contributed by atoms with Gasteiger partial charge in [0.15, 0.2) is 5.58 Å². The van der Waals surface area contributed by atoms with Gasteiger partial charge >= 0.3 is 5.76 Å². The largest absolute Gasteiger partial charge is 0.419 e. The molecule has 1 unspecified atom stereocenters. The first-order chi connectivity index (χ1) is 10.3. The van der Waals surface area contributed by atoms with Crippen LogP contribution in [0.1, 0.15) is 25.7 Å². The quantitative estimate of drug-likeness (QED) is 0.882. The summed E-state index contributed by atoms with van der Waals surface area (Å²) in [4.78, 5) is 14.4. The van der Waals surface area contributed by atoms with Crippen molar-refractivity contribution in [1.82, 2.24) is 9.47 Å². The predicted octanol–water partition coefficient (Wildman–Crippen LogP) is 1.83. The smallest absolute Gasteiger partial charge is 0.408 e. The molecule has 5 heteroatoms. The molecule has 1 aromatic heterocycles. The molecule has 0 aliphatic carbocycles. The van der Waals surface area contributed by atoms with Crippen molar-refractivity contribution in [3.8, 4) is 0 Å². The molecular formula is C16H22N2O3. The standard InChI is InChI=1S/C16H22N2O3/c19-12-4-6-13-5-3-9-17(13)10-11-18-14-7-1-2-8-15(14)21-16(18)20/h1-2,7-8,13,19H,3-6,9-12H2. The third kappa shape index (κ3) is 3.04. The van der Waals surface area contributed by atoms with E-state index < -0.39 is 0 Å². The average Bonchev–Trinajstić information content (AvgIpc) is 3.06. The lowest BCUT2D eigenvalue weighted by molar-refractivity contribution is 0.209. The number of aromatic nitrogens is 1. The summed E-state index contributed by atoms with van der Waals surface area (Å²) in [5, 5.41) is 8.97. The summed E-state index contributed by atoms with van der Waals surface area (Å²) in [5.74, 6) is -0.276. The number of likely N-dealkylation sites (tertiary alicyclic amines) is 1. The molecule has 1 atom stereocenters. The lowest BCUT2D eigenvalue weighted by atomic mass is 10.1. The molecule has 114 valence electrons. The van der Waals surface area contributed by atoms with E-state index in [9.17, 15) is 4.79 Å². The lowest BCUT2D eigenvalue weighted by Gasteiger charge is -2.24. The van der Waals surface area contributed by atoms with Crippen molar-refractivity contribution in [3.05, 3.63) is 34.8 Å². The lowest BCUT2D eigenvalue weighted by Crippen LogP contribution is -2.34. The molecule has 1 N–H and O–H groups in total. The van der Waals surface area contributed by atoms with Crippen LogP contribution in [0.25, 0.3) is 11.1 Å². The van der Waals surface area contributed by atoms with Crippen LogP contribution in [0.2, 0.25) is 0 Å². The summed E-state index contributed by atoms with van der Waals surface area (Å²) in [6.45, 7) is 2.86. The highest BCUT2D eigenvalue weighted by atomic mass is 16.4. The Labute approximate surface area is 123 Å². The molecule has 21 heavy (non-hydrogen) atoms. The van der Waals surface area contributed by atoms with Gasteiger partial charge in [0.2, 0.25) is 0 Å². The number of fused-ring (bicyclic) bond motifs is 1. The van der Waals surface area contributed by atoms with Gasteiger partial charge in [0.25, 0.3) is 0 Å². The van der Waals surface area contributed by atoms with Crippen LogP contribution in [0.4, 0.5) is 0 Å². The number of hydrogen-bond acceptors (Lipinski definition) is 4. The first-order valence-electron chi connectivity index (χ1n) is 7.73. The van der Waals surface area contributed by atoms with Gasteiger partial charge in [0, 0.05) is 25.7 Å². The van der Waals surface area contributed by atoms with E-state index in [4.69, 9.17) is 9.52 Å². The van der Waals surface area contributed by atoms with Crippen LogP contribution in [0.3, 0.4) is 0 Å². The first kappa shape index (κ1) is 14.4. The van der Waals surface area contributed by atoms with Crippen molar-refractivity contribution in [2.24, 2.45) is 0 Å². The Kier molecular flexibility index (Phi) is 4.41. The first-order valence-corrected chi connectivity index (χ1v) is 7.73. The fraction of sp³-hybridized carbons (Fsp3) is 0.562. The molecule has 2 heterocycles. The van der Waals surface area contributed by atoms with Crippen molar-refractivity contribution < 1.29 is 9.52 Å². The van der Waals surface area contributed by atoms with Gasteiger partial charge in [-0.15, -0.1) is 0 Å². The van der Waals surface area contributed by atoms with Crippen molar-refractivity contribution in [2.45, 2.75) is 38.3 Å². The Balaban J connectivity index is 1.69. The number of rotatable bonds is 6. The van der Waals surface area contributed by atoms with E-state index in [-0.39, 0.29) is 12.4 Å². The van der Waals surface area contributed by atoms with Gasteiger partial charge in [-0.25, -0.2) is 4.79 Å². The fourth-order valence-corrected chi connectivity index (χ4v) is 3.30. The third-order valence-corrected chi connectivity index (χ3v) is 4.38. The molecule has 3 rings (SSSR count). The van der Waals surface area contributed by atoms with Gasteiger partial charge in [-0.05, 0) is 44.4 Å². The van der Waals surface area contributed by atoms with Crippen LogP contribution >= 0.6 is 0 Å². The minimum atomic E-state index is -0.276. The van der Waals surface area contributed by atoms with Crippen LogP contribution in [0, 0.1) is 0 Å². The van der Waals surface area contributed by atoms with E-state index in [1.54, 1.807) is 4.57 Å². The Morgan fingerprint density at radius 2 is 2.14 bits per heavy atom. The minimum absolute atomic E-state index is 0.260. The zero-order valence-corrected chi connectivity index (χ0v) is 12.2. The molecule has 1 aromatic carbocycles. The van der Waals surface area contributed by atoms with Crippen molar-refractivity contribution in [3.63, 3.8) is 0 Å². The third-order valence-electron chi connectivity index (χ3n) is 4.38. The van der Waals surface area contributed by atoms with E-state index in [2.05, 4.69) is 4.90 Å². The Bertz CT molecular complexity index is 646. The van der Waals surface area contributed by atoms with E-state index in [0.717, 1.165) is 31.4 Å². The molecular weight excluding hydrogens is 268 g/mol. The molecule has 1 fully saturated rings. The van der Waals surface area contributed by atoms with Gasteiger partial charge in [-0.2, -0.15) is 0 Å². The molecule has 0 saturated carbocycles. The van der Waals surface area contributed by atoms with Gasteiger partial charge in [-0.3, -0.25) is 9.47 Å². The molecule has 0 bridgehead atoms. The minimum Gasteiger partial charge on any atom is -0.408 e. The maximum absolute atomic E-state index is 11.9. The van der Waals surface area contributed by atoms with Gasteiger partial charge in [0.1, 0.15) is 0 Å². The van der Waals surface area contributed by atoms with Gasteiger partial charge in [-0.1, -0.05) is 12.1 Å². The number of aliphatic hydroxyl groups excluding tert-OH is 1. The van der Waals surface area contributed by atoms with Crippen LogP contribution in [0.15, 0.2) is 33.5 Å². The molecule has 2 aromatic rings. The highest BCUT2D eigenvalue weighted by Gasteiger charge is 2.23. The second-order valence-corrected chi connectivity index (χ2v) is 5.69. The Hall–Kier alpha value is -1.59. The molecule has 1 saturated heterocycles. The number of oxazole rings is 1. The second-order valence-electron chi connectivity index (χ2n) is 5.69. The number of hydrogen-bond donors (Lipinski definition) is 1. The van der Waals surface area contributed by atoms with Crippen molar-refractivity contribution >= 4 is 11.1 Å². The van der Waals surface area contributed by atoms with Gasteiger partial charge in [0.05, 0.1) is 5.52 Å². The van der Waals surface area contributed by atoms with E-state index in [1.807, 2.05) is 24.3 Å². The van der Waals surface area contributed by atoms with E-state index in [0.29, 0.717) is 18.2 Å². The molecule has 0 radical (unpaired) electrons. The zero-order valence-electron chi connectivity index (χ0n) is 12.2. The predicted molar refractivity (Wildman–Crippen MR) is 81.4 cm³/mol. The van der Waals surface area contributed by atoms with Gasteiger partial charge < -0.3 is 9.52 Å². The molecule has 1 aliphatic heterocycles. The molecule has 0 spiro atoms. The number of para-hydroxylation sites is 2. The molecule has 5 nitrogen and oxygen atoms in total. The summed E-state index contributed by atoms with van der Waals surface area (Å²) in [6, 6.07) is 8.10. The van der Waals surface area contributed by atoms with Crippen LogP contribution in [-0.2, 0) is 6.54 Å². The van der Waals surface area contributed by atoms with Crippen LogP contribution in [0.5, 0.6) is 0 Å². The van der Waals surface area contributed by atoms with E-state index >= 15 is 0 Å². The van der Waals surface area contributed by atoms with Crippen LogP contribution < -0.4 is 5.76 Å². The summed E-state index contributed by atoms with van der Waals surface area (Å²) in [6.07, 6.45) is 4.30. The maximum Gasteiger partial charge on any atom is 0.419 e. The normalized spacial score (nSPS) is 19.6. The SMILES string of the molecule is O=c1oc2ccccc2n1CCN1CCCC1CCCO. The second kappa shape index (κ2) is 6.45. The number of nitrogens with zero attached hydrogens (tertiary/aromatic N) is 2. The fourth-order valence-electron chi connectivity index (χ4n) is 3.30. The Morgan fingerprint density at radius 1 is 1.29 bits per heavy atom. The average molecular weight is 290 g/mol. The summed E-state index contributed by atoms with van der Waals surface area (Å²) in [5.41, 5.74) is 1.52. The highest BCUT2D eigenvalue weighted by Crippen LogP contribution is 2.21. The molecule has 1 aliphatic rings. The van der Waals surface area contributed by atoms with Crippen LogP contribution in [-0.4, -0.2) is 40.3 Å². The van der Waals surface area contributed by atoms with E-state index in [1.165, 1.54) is 12.8 Å². The zero-order chi connectivity index (χ0) is 14.7. The monoisotopic (exact) mass is 290 g/mol. The van der Waals surface area contributed by atoms with Crippen molar-refractivity contribution in [2.75, 3.05) is 19.7 Å². The van der Waals surface area contributed by atoms with Crippen molar-refractivity contribution in [1.29, 1.82) is 0 Å². The molecule has 0 amide bonds. The summed E-state index contributed by atoms with van der Waals surface area (Å²) >= 11 is 0. The topological polar surface area (TPSA) is 58.6 Å². The number of benzene rings is 1. The Morgan fingerprint density at radius 3 is 3.00 bits per heavy atom.